The Bertz CT molecular complexity index is 452. The number of hydrogen-bond acceptors (Lipinski definition) is 4. The molecule has 0 aliphatic carbocycles. The van der Waals surface area contributed by atoms with Crippen LogP contribution in [0.4, 0.5) is 0 Å². The molecular formula is C14H21ClN2O3. The summed E-state index contributed by atoms with van der Waals surface area (Å²) < 4.78 is 10.4. The molecule has 6 heteroatoms. The SMILES string of the molecule is CCCNC(=O)CNCc1ccc(OC)c(OC)c1Cl. The van der Waals surface area contributed by atoms with Crippen LogP contribution in [0.15, 0.2) is 12.1 Å². The van der Waals surface area contributed by atoms with Crippen LogP contribution in [0.1, 0.15) is 18.9 Å². The number of rotatable bonds is 8. The number of carbonyl (C=O) groups excluding carboxylic acids is 1. The van der Waals surface area contributed by atoms with E-state index in [4.69, 9.17) is 21.1 Å². The molecule has 0 unspecified atom stereocenters. The second kappa shape index (κ2) is 8.66. The van der Waals surface area contributed by atoms with Crippen LogP contribution in [-0.4, -0.2) is 33.2 Å². The van der Waals surface area contributed by atoms with Crippen LogP contribution < -0.4 is 20.1 Å². The monoisotopic (exact) mass is 300 g/mol. The van der Waals surface area contributed by atoms with E-state index in [2.05, 4.69) is 10.6 Å². The van der Waals surface area contributed by atoms with E-state index in [1.165, 1.54) is 0 Å². The first kappa shape index (κ1) is 16.6. The van der Waals surface area contributed by atoms with E-state index in [9.17, 15) is 4.79 Å². The van der Waals surface area contributed by atoms with Gasteiger partial charge in [0.25, 0.3) is 0 Å². The van der Waals surface area contributed by atoms with Crippen molar-refractivity contribution in [2.45, 2.75) is 19.9 Å². The van der Waals surface area contributed by atoms with Crippen LogP contribution >= 0.6 is 11.6 Å². The third-order valence-electron chi connectivity index (χ3n) is 2.74. The minimum atomic E-state index is -0.0246. The highest BCUT2D eigenvalue weighted by Gasteiger charge is 2.12. The molecule has 0 heterocycles. The van der Waals surface area contributed by atoms with Crippen LogP contribution in [0, 0.1) is 0 Å². The lowest BCUT2D eigenvalue weighted by atomic mass is 10.2. The van der Waals surface area contributed by atoms with Crippen molar-refractivity contribution in [1.29, 1.82) is 0 Å². The van der Waals surface area contributed by atoms with Gasteiger partial charge in [-0.2, -0.15) is 0 Å². The molecule has 0 aliphatic heterocycles. The Morgan fingerprint density at radius 2 is 2.05 bits per heavy atom. The van der Waals surface area contributed by atoms with Crippen LogP contribution in [0.2, 0.25) is 5.02 Å². The summed E-state index contributed by atoms with van der Waals surface area (Å²) in [5, 5.41) is 6.34. The van der Waals surface area contributed by atoms with Gasteiger partial charge in [0.15, 0.2) is 11.5 Å². The number of amides is 1. The molecule has 112 valence electrons. The van der Waals surface area contributed by atoms with Gasteiger partial charge in [-0.15, -0.1) is 0 Å². The highest BCUT2D eigenvalue weighted by molar-refractivity contribution is 6.33. The van der Waals surface area contributed by atoms with E-state index in [0.717, 1.165) is 12.0 Å². The van der Waals surface area contributed by atoms with Gasteiger partial charge in [0.05, 0.1) is 25.8 Å². The minimum Gasteiger partial charge on any atom is -0.493 e. The highest BCUT2D eigenvalue weighted by Crippen LogP contribution is 2.37. The quantitative estimate of drug-likeness (QED) is 0.771. The molecule has 0 fully saturated rings. The van der Waals surface area contributed by atoms with Crippen molar-refractivity contribution in [1.82, 2.24) is 10.6 Å². The molecule has 2 N–H and O–H groups in total. The first-order valence-electron chi connectivity index (χ1n) is 6.50. The number of ether oxygens (including phenoxy) is 2. The first-order chi connectivity index (χ1) is 9.63. The standard InChI is InChI=1S/C14H21ClN2O3/c1-4-7-17-12(18)9-16-8-10-5-6-11(19-2)14(20-3)13(10)15/h5-6,16H,4,7-9H2,1-3H3,(H,17,18). The number of halogens is 1. The molecule has 1 amide bonds. The molecule has 0 saturated carbocycles. The Morgan fingerprint density at radius 1 is 1.30 bits per heavy atom. The predicted molar refractivity (Wildman–Crippen MR) is 79.6 cm³/mol. The smallest absolute Gasteiger partial charge is 0.233 e. The predicted octanol–water partition coefficient (Wildman–Crippen LogP) is 1.97. The van der Waals surface area contributed by atoms with Gasteiger partial charge in [-0.05, 0) is 18.1 Å². The zero-order chi connectivity index (χ0) is 15.0. The largest absolute Gasteiger partial charge is 0.493 e. The molecule has 1 aromatic rings. The van der Waals surface area contributed by atoms with Crippen molar-refractivity contribution in [2.75, 3.05) is 27.3 Å². The first-order valence-corrected chi connectivity index (χ1v) is 6.88. The zero-order valence-electron chi connectivity index (χ0n) is 12.1. The van der Waals surface area contributed by atoms with Crippen LogP contribution in [0.25, 0.3) is 0 Å². The minimum absolute atomic E-state index is 0.0246. The van der Waals surface area contributed by atoms with Gasteiger partial charge in [-0.3, -0.25) is 4.79 Å². The Morgan fingerprint density at radius 3 is 2.65 bits per heavy atom. The van der Waals surface area contributed by atoms with Crippen molar-refractivity contribution in [3.8, 4) is 11.5 Å². The Labute approximate surface area is 124 Å². The van der Waals surface area contributed by atoms with Crippen molar-refractivity contribution in [2.24, 2.45) is 0 Å². The van der Waals surface area contributed by atoms with Gasteiger partial charge >= 0.3 is 0 Å². The molecule has 0 spiro atoms. The fraction of sp³-hybridized carbons (Fsp3) is 0.500. The summed E-state index contributed by atoms with van der Waals surface area (Å²) in [4.78, 5) is 11.4. The summed E-state index contributed by atoms with van der Waals surface area (Å²) in [6.45, 7) is 3.44. The summed E-state index contributed by atoms with van der Waals surface area (Å²) in [6, 6.07) is 3.64. The topological polar surface area (TPSA) is 59.6 Å². The van der Waals surface area contributed by atoms with Gasteiger partial charge < -0.3 is 20.1 Å². The molecule has 0 bridgehead atoms. The molecule has 0 radical (unpaired) electrons. The van der Waals surface area contributed by atoms with E-state index in [1.54, 1.807) is 20.3 Å². The number of hydrogen-bond donors (Lipinski definition) is 2. The number of methoxy groups -OCH3 is 2. The summed E-state index contributed by atoms with van der Waals surface area (Å²) >= 11 is 6.25. The Balaban J connectivity index is 2.58. The van der Waals surface area contributed by atoms with Crippen LogP contribution in [0.5, 0.6) is 11.5 Å². The van der Waals surface area contributed by atoms with E-state index in [0.29, 0.717) is 29.6 Å². The summed E-state index contributed by atoms with van der Waals surface area (Å²) in [5.41, 5.74) is 0.854. The van der Waals surface area contributed by atoms with E-state index < -0.39 is 0 Å². The fourth-order valence-corrected chi connectivity index (χ4v) is 2.00. The third-order valence-corrected chi connectivity index (χ3v) is 3.15. The van der Waals surface area contributed by atoms with Crippen LogP contribution in [-0.2, 0) is 11.3 Å². The Kier molecular flexibility index (Phi) is 7.18. The average molecular weight is 301 g/mol. The summed E-state index contributed by atoms with van der Waals surface area (Å²) in [7, 11) is 3.10. The molecule has 1 rings (SSSR count). The second-order valence-electron chi connectivity index (χ2n) is 4.23. The van der Waals surface area contributed by atoms with Gasteiger partial charge in [-0.25, -0.2) is 0 Å². The maximum atomic E-state index is 11.4. The average Bonchev–Trinajstić information content (AvgIpc) is 2.46. The van der Waals surface area contributed by atoms with Gasteiger partial charge in [0.1, 0.15) is 0 Å². The number of benzene rings is 1. The van der Waals surface area contributed by atoms with E-state index in [1.807, 2.05) is 13.0 Å². The summed E-state index contributed by atoms with van der Waals surface area (Å²) in [6.07, 6.45) is 0.924. The molecular weight excluding hydrogens is 280 g/mol. The van der Waals surface area contributed by atoms with Gasteiger partial charge in [0, 0.05) is 13.1 Å². The number of nitrogens with one attached hydrogen (secondary N) is 2. The second-order valence-corrected chi connectivity index (χ2v) is 4.61. The lowest BCUT2D eigenvalue weighted by molar-refractivity contribution is -0.120. The van der Waals surface area contributed by atoms with E-state index >= 15 is 0 Å². The number of carbonyl (C=O) groups is 1. The maximum Gasteiger partial charge on any atom is 0.233 e. The highest BCUT2D eigenvalue weighted by atomic mass is 35.5. The van der Waals surface area contributed by atoms with Crippen molar-refractivity contribution >= 4 is 17.5 Å². The lowest BCUT2D eigenvalue weighted by Gasteiger charge is -2.13. The Hall–Kier alpha value is -1.46. The van der Waals surface area contributed by atoms with E-state index in [-0.39, 0.29) is 12.5 Å². The van der Waals surface area contributed by atoms with Crippen molar-refractivity contribution in [3.05, 3.63) is 22.7 Å². The van der Waals surface area contributed by atoms with Crippen LogP contribution in [0.3, 0.4) is 0 Å². The third kappa shape index (κ3) is 4.58. The molecule has 0 aliphatic rings. The molecule has 0 atom stereocenters. The van der Waals surface area contributed by atoms with Crippen molar-refractivity contribution in [3.63, 3.8) is 0 Å². The van der Waals surface area contributed by atoms with Crippen molar-refractivity contribution < 1.29 is 14.3 Å². The van der Waals surface area contributed by atoms with Gasteiger partial charge in [-0.1, -0.05) is 24.6 Å². The molecule has 5 nitrogen and oxygen atoms in total. The zero-order valence-corrected chi connectivity index (χ0v) is 12.8. The maximum absolute atomic E-state index is 11.4. The molecule has 0 aromatic heterocycles. The summed E-state index contributed by atoms with van der Waals surface area (Å²) in [5.74, 6) is 1.06. The molecule has 0 saturated heterocycles. The van der Waals surface area contributed by atoms with Gasteiger partial charge in [0.2, 0.25) is 5.91 Å². The molecule has 20 heavy (non-hydrogen) atoms. The molecule has 1 aromatic carbocycles. The lowest BCUT2D eigenvalue weighted by Crippen LogP contribution is -2.33. The normalized spacial score (nSPS) is 10.2. The fourth-order valence-electron chi connectivity index (χ4n) is 1.70.